The van der Waals surface area contributed by atoms with E-state index in [4.69, 9.17) is 19.9 Å². The Bertz CT molecular complexity index is 2250. The lowest BCUT2D eigenvalue weighted by Crippen LogP contribution is -2.16. The minimum atomic E-state index is 0.0489. The Morgan fingerprint density at radius 1 is 0.462 bits per heavy atom. The van der Waals surface area contributed by atoms with Crippen LogP contribution in [0.25, 0.3) is 62.4 Å². The van der Waals surface area contributed by atoms with Crippen LogP contribution >= 0.6 is 0 Å². The van der Waals surface area contributed by atoms with Crippen LogP contribution in [0.3, 0.4) is 0 Å². The van der Waals surface area contributed by atoms with E-state index in [1.54, 1.807) is 0 Å². The van der Waals surface area contributed by atoms with Crippen LogP contribution in [0.1, 0.15) is 70.0 Å². The molecule has 256 valence electrons. The van der Waals surface area contributed by atoms with Gasteiger partial charge in [0.15, 0.2) is 5.82 Å². The lowest BCUT2D eigenvalue weighted by Gasteiger charge is -2.25. The highest BCUT2D eigenvalue weighted by Crippen LogP contribution is 2.38. The first-order valence-electron chi connectivity index (χ1n) is 18.2. The number of hydrogen-bond acceptors (Lipinski definition) is 4. The summed E-state index contributed by atoms with van der Waals surface area (Å²) in [5.74, 6) is 0.993. The highest BCUT2D eigenvalue weighted by Gasteiger charge is 2.27. The molecular formula is C48H44N4. The van der Waals surface area contributed by atoms with Gasteiger partial charge in [-0.25, -0.2) is 15.0 Å². The molecule has 0 amide bonds. The van der Waals surface area contributed by atoms with E-state index in [1.165, 1.54) is 11.1 Å². The molecule has 0 bridgehead atoms. The van der Waals surface area contributed by atoms with Crippen LogP contribution in [0, 0.1) is 5.92 Å². The second-order valence-electron chi connectivity index (χ2n) is 16.0. The van der Waals surface area contributed by atoms with Crippen molar-refractivity contribution in [2.75, 3.05) is 0 Å². The zero-order valence-electron chi connectivity index (χ0n) is 30.8. The Morgan fingerprint density at radius 3 is 1.48 bits per heavy atom. The van der Waals surface area contributed by atoms with Crippen LogP contribution in [-0.2, 0) is 10.8 Å². The minimum absolute atomic E-state index is 0.0489. The molecule has 0 spiro atoms. The third-order valence-electron chi connectivity index (χ3n) is 10.2. The first kappa shape index (κ1) is 33.4. The molecule has 0 saturated heterocycles. The number of fused-ring (bicyclic) bond motifs is 3. The largest absolute Gasteiger partial charge is 0.282 e. The molecule has 2 unspecified atom stereocenters. The molecule has 8 rings (SSSR count). The first-order valence-corrected chi connectivity index (χ1v) is 18.2. The van der Waals surface area contributed by atoms with Gasteiger partial charge in [-0.1, -0.05) is 163 Å². The fourth-order valence-corrected chi connectivity index (χ4v) is 6.99. The van der Waals surface area contributed by atoms with Gasteiger partial charge in [0.25, 0.3) is 0 Å². The lowest BCUT2D eigenvalue weighted by atomic mass is 9.86. The molecule has 6 aromatic rings. The highest BCUT2D eigenvalue weighted by molar-refractivity contribution is 5.77. The van der Waals surface area contributed by atoms with E-state index in [9.17, 15) is 0 Å². The van der Waals surface area contributed by atoms with Crippen molar-refractivity contribution in [3.05, 3.63) is 156 Å². The topological polar surface area (TPSA) is 51.0 Å². The van der Waals surface area contributed by atoms with Gasteiger partial charge in [-0.15, -0.1) is 0 Å². The van der Waals surface area contributed by atoms with Gasteiger partial charge in [-0.3, -0.25) is 4.99 Å². The Labute approximate surface area is 307 Å². The third-order valence-corrected chi connectivity index (χ3v) is 10.2. The number of rotatable bonds is 5. The Hall–Kier alpha value is -5.74. The number of allylic oxidation sites excluding steroid dienone is 1. The molecule has 1 aliphatic heterocycles. The summed E-state index contributed by atoms with van der Waals surface area (Å²) in [6.45, 7) is 13.4. The molecule has 1 aliphatic carbocycles. The van der Waals surface area contributed by atoms with E-state index in [1.807, 2.05) is 12.3 Å². The predicted octanol–water partition coefficient (Wildman–Crippen LogP) is 12.1. The molecule has 2 atom stereocenters. The summed E-state index contributed by atoms with van der Waals surface area (Å²) in [6, 6.07) is 41.3. The number of nitrogens with zero attached hydrogens (tertiary/aromatic N) is 4. The number of aliphatic imine (C=N–C) groups is 1. The summed E-state index contributed by atoms with van der Waals surface area (Å²) < 4.78 is 0. The van der Waals surface area contributed by atoms with E-state index in [-0.39, 0.29) is 22.8 Å². The smallest absolute Gasteiger partial charge is 0.160 e. The van der Waals surface area contributed by atoms with Crippen molar-refractivity contribution >= 4 is 12.3 Å². The normalized spacial score (nSPS) is 16.4. The molecule has 4 aromatic carbocycles. The van der Waals surface area contributed by atoms with E-state index in [0.29, 0.717) is 0 Å². The molecule has 52 heavy (non-hydrogen) atoms. The summed E-state index contributed by atoms with van der Waals surface area (Å²) in [4.78, 5) is 20.0. The number of hydrogen-bond donors (Lipinski definition) is 0. The van der Waals surface area contributed by atoms with E-state index in [2.05, 4.69) is 175 Å². The SMILES string of the molecule is CC(C)(C)c1ccc(-c2cc(-c3ccc(-c4ccc(-c5ccc6c(n5)C5N=CC=CC5C=C6)cc4)cc3)nc(-c3ccc(C(C)(C)C)cc3)n2)cc1. The van der Waals surface area contributed by atoms with E-state index in [0.717, 1.165) is 67.5 Å². The molecular weight excluding hydrogens is 633 g/mol. The van der Waals surface area contributed by atoms with Crippen LogP contribution in [0.2, 0.25) is 0 Å². The number of pyridine rings is 1. The molecule has 0 saturated carbocycles. The van der Waals surface area contributed by atoms with Crippen molar-refractivity contribution in [3.63, 3.8) is 0 Å². The van der Waals surface area contributed by atoms with E-state index < -0.39 is 0 Å². The monoisotopic (exact) mass is 676 g/mol. The van der Waals surface area contributed by atoms with Crippen molar-refractivity contribution in [2.24, 2.45) is 10.9 Å². The van der Waals surface area contributed by atoms with Crippen LogP contribution in [0.4, 0.5) is 0 Å². The maximum absolute atomic E-state index is 5.12. The summed E-state index contributed by atoms with van der Waals surface area (Å²) in [7, 11) is 0. The van der Waals surface area contributed by atoms with Crippen LogP contribution < -0.4 is 0 Å². The first-order chi connectivity index (χ1) is 25.0. The lowest BCUT2D eigenvalue weighted by molar-refractivity contribution is 0.590. The molecule has 3 heterocycles. The van der Waals surface area contributed by atoms with Crippen molar-refractivity contribution in [2.45, 2.75) is 58.4 Å². The highest BCUT2D eigenvalue weighted by atomic mass is 14.9. The number of dihydropyridines is 1. The fourth-order valence-electron chi connectivity index (χ4n) is 6.99. The average molecular weight is 677 g/mol. The van der Waals surface area contributed by atoms with Gasteiger partial charge >= 0.3 is 0 Å². The Kier molecular flexibility index (Phi) is 8.42. The summed E-state index contributed by atoms with van der Waals surface area (Å²) in [5, 5.41) is 0. The maximum atomic E-state index is 5.12. The quantitative estimate of drug-likeness (QED) is 0.183. The standard InChI is InChI=1S/C48H44N4/c1-47(2,3)39-24-19-35(20-25-39)43-30-42(51-46(52-43)38-21-26-40(27-22-38)48(4,5)6)34-15-11-32(12-16-34)31-9-13-33(14-10-31)41-28-23-37-18-17-36-8-7-29-49-44(36)45(37)50-41/h7-30,36,44H,1-6H3. The summed E-state index contributed by atoms with van der Waals surface area (Å²) in [6.07, 6.45) is 10.5. The van der Waals surface area contributed by atoms with Gasteiger partial charge in [0.05, 0.1) is 22.8 Å². The molecule has 2 aromatic heterocycles. The Balaban J connectivity index is 1.09. The maximum Gasteiger partial charge on any atom is 0.160 e. The van der Waals surface area contributed by atoms with Gasteiger partial charge < -0.3 is 0 Å². The third kappa shape index (κ3) is 6.69. The van der Waals surface area contributed by atoms with Crippen LogP contribution in [0.15, 0.2) is 138 Å². The van der Waals surface area contributed by atoms with Crippen molar-refractivity contribution in [1.29, 1.82) is 0 Å². The summed E-state index contributed by atoms with van der Waals surface area (Å²) >= 11 is 0. The van der Waals surface area contributed by atoms with Gasteiger partial charge in [0.2, 0.25) is 0 Å². The predicted molar refractivity (Wildman–Crippen MR) is 217 cm³/mol. The van der Waals surface area contributed by atoms with Gasteiger partial charge in [-0.05, 0) is 56.9 Å². The molecule has 4 heteroatoms. The minimum Gasteiger partial charge on any atom is -0.282 e. The van der Waals surface area contributed by atoms with Crippen LogP contribution in [0.5, 0.6) is 0 Å². The van der Waals surface area contributed by atoms with Gasteiger partial charge in [-0.2, -0.15) is 0 Å². The Morgan fingerprint density at radius 2 is 0.942 bits per heavy atom. The van der Waals surface area contributed by atoms with Crippen molar-refractivity contribution < 1.29 is 0 Å². The van der Waals surface area contributed by atoms with Gasteiger partial charge in [0.1, 0.15) is 6.04 Å². The van der Waals surface area contributed by atoms with E-state index >= 15 is 0 Å². The molecule has 0 fully saturated rings. The zero-order chi connectivity index (χ0) is 36.0. The number of aromatic nitrogens is 3. The molecule has 4 nitrogen and oxygen atoms in total. The average Bonchev–Trinajstić information content (AvgIpc) is 3.17. The zero-order valence-corrected chi connectivity index (χ0v) is 30.8. The second kappa shape index (κ2) is 13.1. The molecule has 0 N–H and O–H groups in total. The molecule has 2 aliphatic rings. The number of benzene rings is 4. The summed E-state index contributed by atoms with van der Waals surface area (Å²) in [5.41, 5.74) is 14.2. The van der Waals surface area contributed by atoms with Gasteiger partial charge in [0, 0.05) is 34.4 Å². The van der Waals surface area contributed by atoms with Crippen LogP contribution in [-0.4, -0.2) is 21.2 Å². The molecule has 0 radical (unpaired) electrons. The fraction of sp³-hybridized carbons (Fsp3) is 0.208. The van der Waals surface area contributed by atoms with Crippen molar-refractivity contribution in [1.82, 2.24) is 15.0 Å². The second-order valence-corrected chi connectivity index (χ2v) is 16.0. The van der Waals surface area contributed by atoms with Crippen molar-refractivity contribution in [3.8, 4) is 56.3 Å².